The van der Waals surface area contributed by atoms with E-state index in [-0.39, 0.29) is 57.5 Å². The number of aliphatic hydroxyl groups is 1. The van der Waals surface area contributed by atoms with E-state index in [2.05, 4.69) is 6.92 Å². The zero-order chi connectivity index (χ0) is 21.8. The second kappa shape index (κ2) is 23.7. The molecule has 0 aliphatic rings. The Bertz CT molecular complexity index is 440. The molecule has 0 radical (unpaired) electrons. The van der Waals surface area contributed by atoms with Gasteiger partial charge in [-0.1, -0.05) is 116 Å². The van der Waals surface area contributed by atoms with E-state index in [0.29, 0.717) is 12.8 Å². The van der Waals surface area contributed by atoms with Crippen molar-refractivity contribution in [3.63, 3.8) is 0 Å². The number of aliphatic hydroxyl groups excluding tert-OH is 1. The van der Waals surface area contributed by atoms with Gasteiger partial charge in [0.05, 0.1) is 16.2 Å². The van der Waals surface area contributed by atoms with Crippen LogP contribution in [0.4, 0.5) is 0 Å². The van der Waals surface area contributed by atoms with Crippen LogP contribution in [0.1, 0.15) is 142 Å². The Kier molecular flexibility index (Phi) is 26.6. The molecule has 176 valence electrons. The third kappa shape index (κ3) is 24.2. The average Bonchev–Trinajstić information content (AvgIpc) is 2.65. The molecule has 0 spiro atoms. The zero-order valence-corrected chi connectivity index (χ0v) is 24.3. The van der Waals surface area contributed by atoms with Crippen molar-refractivity contribution < 1.29 is 69.5 Å². The molecule has 0 aromatic rings. The maximum Gasteiger partial charge on any atom is 1.00 e. The monoisotopic (exact) mass is 472 g/mol. The largest absolute Gasteiger partial charge is 1.00 e. The summed E-state index contributed by atoms with van der Waals surface area (Å²) in [5.74, 6) is 0. The SMILES string of the molecule is CCCCCC(CCCCCCCCCCCCCCCCC(C)O)S(=O)(=O)[O-].[K+]. The Labute approximate surface area is 230 Å². The minimum absolute atomic E-state index is 0. The van der Waals surface area contributed by atoms with Crippen LogP contribution >= 0.6 is 0 Å². The smallest absolute Gasteiger partial charge is 0.748 e. The van der Waals surface area contributed by atoms with E-state index in [0.717, 1.165) is 51.4 Å². The fraction of sp³-hybridized carbons (Fsp3) is 1.00. The fourth-order valence-corrected chi connectivity index (χ4v) is 4.90. The summed E-state index contributed by atoms with van der Waals surface area (Å²) in [5, 5.41) is 8.55. The third-order valence-electron chi connectivity index (χ3n) is 5.94. The van der Waals surface area contributed by atoms with Crippen LogP contribution in [0.2, 0.25) is 0 Å². The van der Waals surface area contributed by atoms with Crippen molar-refractivity contribution in [1.82, 2.24) is 0 Å². The summed E-state index contributed by atoms with van der Waals surface area (Å²) in [5.41, 5.74) is 0. The van der Waals surface area contributed by atoms with Gasteiger partial charge >= 0.3 is 51.4 Å². The molecule has 0 fully saturated rings. The molecule has 0 heterocycles. The minimum atomic E-state index is -4.13. The van der Waals surface area contributed by atoms with Gasteiger partial charge in [0.2, 0.25) is 0 Å². The van der Waals surface area contributed by atoms with E-state index in [1.165, 1.54) is 64.2 Å². The van der Waals surface area contributed by atoms with Crippen molar-refractivity contribution in [2.45, 2.75) is 154 Å². The van der Waals surface area contributed by atoms with Gasteiger partial charge in [0.15, 0.2) is 0 Å². The van der Waals surface area contributed by atoms with E-state index in [1.54, 1.807) is 0 Å². The molecule has 2 unspecified atom stereocenters. The molecule has 1 N–H and O–H groups in total. The maximum absolute atomic E-state index is 11.4. The molecule has 0 saturated heterocycles. The van der Waals surface area contributed by atoms with Gasteiger partial charge in [-0.15, -0.1) is 0 Å². The Morgan fingerprint density at radius 2 is 0.933 bits per heavy atom. The number of hydrogen-bond acceptors (Lipinski definition) is 4. The molecular weight excluding hydrogens is 423 g/mol. The van der Waals surface area contributed by atoms with Crippen LogP contribution in [-0.2, 0) is 10.1 Å². The van der Waals surface area contributed by atoms with Gasteiger partial charge in [0.1, 0.15) is 0 Å². The van der Waals surface area contributed by atoms with Crippen molar-refractivity contribution in [3.05, 3.63) is 0 Å². The first-order valence-corrected chi connectivity index (χ1v) is 14.0. The average molecular weight is 473 g/mol. The summed E-state index contributed by atoms with van der Waals surface area (Å²) in [6.45, 7) is 3.95. The van der Waals surface area contributed by atoms with Gasteiger partial charge in [-0.05, 0) is 26.2 Å². The van der Waals surface area contributed by atoms with Crippen molar-refractivity contribution in [3.8, 4) is 0 Å². The van der Waals surface area contributed by atoms with Gasteiger partial charge in [-0.2, -0.15) is 0 Å². The standard InChI is InChI=1S/C24H50O4S.K/c1-3-4-17-21-24(29(26,27)28)22-19-16-14-12-10-8-6-5-7-9-11-13-15-18-20-23(2)25;/h23-25H,3-22H2,1-2H3,(H,26,27,28);/q;+1/p-1. The molecule has 0 saturated carbocycles. The van der Waals surface area contributed by atoms with Gasteiger partial charge < -0.3 is 9.66 Å². The van der Waals surface area contributed by atoms with Crippen molar-refractivity contribution >= 4 is 10.1 Å². The van der Waals surface area contributed by atoms with Crippen molar-refractivity contribution in [1.29, 1.82) is 0 Å². The summed E-state index contributed by atoms with van der Waals surface area (Å²) in [7, 11) is -4.13. The molecule has 0 aliphatic heterocycles. The van der Waals surface area contributed by atoms with E-state index in [1.807, 2.05) is 6.92 Å². The van der Waals surface area contributed by atoms with Crippen molar-refractivity contribution in [2.75, 3.05) is 0 Å². The van der Waals surface area contributed by atoms with Gasteiger partial charge in [0.25, 0.3) is 0 Å². The molecule has 6 heteroatoms. The summed E-state index contributed by atoms with van der Waals surface area (Å²) in [6, 6.07) is 0. The zero-order valence-electron chi connectivity index (χ0n) is 20.4. The van der Waals surface area contributed by atoms with Crippen molar-refractivity contribution in [2.24, 2.45) is 0 Å². The van der Waals surface area contributed by atoms with Crippen LogP contribution in [-0.4, -0.2) is 29.4 Å². The summed E-state index contributed by atoms with van der Waals surface area (Å²) < 4.78 is 34.1. The predicted molar refractivity (Wildman–Crippen MR) is 123 cm³/mol. The third-order valence-corrected chi connectivity index (χ3v) is 7.22. The molecule has 2 atom stereocenters. The molecular formula is C24H49KO4S. The van der Waals surface area contributed by atoms with Crippen LogP contribution in [0, 0.1) is 0 Å². The minimum Gasteiger partial charge on any atom is -0.748 e. The van der Waals surface area contributed by atoms with Crippen LogP contribution in [0.15, 0.2) is 0 Å². The Hall–Kier alpha value is 1.51. The summed E-state index contributed by atoms with van der Waals surface area (Å²) in [6.07, 6.45) is 22.1. The van der Waals surface area contributed by atoms with Crippen LogP contribution in [0.3, 0.4) is 0 Å². The first-order valence-electron chi connectivity index (χ1n) is 12.5. The van der Waals surface area contributed by atoms with Gasteiger partial charge in [0, 0.05) is 5.25 Å². The Balaban J connectivity index is 0. The summed E-state index contributed by atoms with van der Waals surface area (Å²) in [4.78, 5) is 0. The molecule has 0 amide bonds. The fourth-order valence-electron chi connectivity index (χ4n) is 3.99. The molecule has 0 rings (SSSR count). The molecule has 0 aliphatic carbocycles. The van der Waals surface area contributed by atoms with E-state index < -0.39 is 15.4 Å². The summed E-state index contributed by atoms with van der Waals surface area (Å²) >= 11 is 0. The van der Waals surface area contributed by atoms with Crippen LogP contribution in [0.25, 0.3) is 0 Å². The molecule has 4 nitrogen and oxygen atoms in total. The van der Waals surface area contributed by atoms with Gasteiger partial charge in [-0.3, -0.25) is 0 Å². The molecule has 0 aromatic heterocycles. The number of unbranched alkanes of at least 4 members (excludes halogenated alkanes) is 15. The topological polar surface area (TPSA) is 77.4 Å². The normalized spacial score (nSPS) is 13.7. The van der Waals surface area contributed by atoms with E-state index >= 15 is 0 Å². The second-order valence-electron chi connectivity index (χ2n) is 8.99. The molecule has 0 bridgehead atoms. The Morgan fingerprint density at radius 1 is 0.633 bits per heavy atom. The Morgan fingerprint density at radius 3 is 1.23 bits per heavy atom. The van der Waals surface area contributed by atoms with Gasteiger partial charge in [-0.25, -0.2) is 8.42 Å². The first kappa shape index (κ1) is 33.7. The number of hydrogen-bond donors (Lipinski definition) is 1. The van der Waals surface area contributed by atoms with Crippen LogP contribution < -0.4 is 51.4 Å². The molecule has 0 aromatic carbocycles. The molecule has 30 heavy (non-hydrogen) atoms. The quantitative estimate of drug-likeness (QED) is 0.146. The maximum atomic E-state index is 11.4. The predicted octanol–water partition coefficient (Wildman–Crippen LogP) is 4.11. The first-order chi connectivity index (χ1) is 13.9. The van der Waals surface area contributed by atoms with Crippen LogP contribution in [0.5, 0.6) is 0 Å². The van der Waals surface area contributed by atoms with E-state index in [4.69, 9.17) is 0 Å². The second-order valence-corrected chi connectivity index (χ2v) is 10.6. The van der Waals surface area contributed by atoms with E-state index in [9.17, 15) is 18.1 Å². The number of rotatable bonds is 22.